The topological polar surface area (TPSA) is 54.0 Å². The molecule has 2 heterocycles. The molecule has 0 aliphatic carbocycles. The van der Waals surface area contributed by atoms with Crippen LogP contribution in [-0.4, -0.2) is 60.8 Å². The summed E-state index contributed by atoms with van der Waals surface area (Å²) in [5.41, 5.74) is 1.23. The monoisotopic (exact) mass is 333 g/mol. The number of carbonyl (C=O) groups excluding carboxylic acids is 1. The Hall–Kier alpha value is -1.79. The van der Waals surface area contributed by atoms with Crippen molar-refractivity contribution in [3.63, 3.8) is 0 Å². The zero-order chi connectivity index (χ0) is 17.1. The van der Waals surface area contributed by atoms with Crippen molar-refractivity contribution >= 4 is 5.91 Å². The maximum atomic E-state index is 12.1. The Balaban J connectivity index is 1.49. The predicted molar refractivity (Wildman–Crippen MR) is 92.2 cm³/mol. The average Bonchev–Trinajstić information content (AvgIpc) is 3.02. The van der Waals surface area contributed by atoms with Crippen LogP contribution in [0.3, 0.4) is 0 Å². The summed E-state index contributed by atoms with van der Waals surface area (Å²) in [6.45, 7) is 11.0. The van der Waals surface area contributed by atoms with Crippen molar-refractivity contribution < 1.29 is 14.3 Å². The van der Waals surface area contributed by atoms with Crippen LogP contribution in [0.5, 0.6) is 11.5 Å². The van der Waals surface area contributed by atoms with Crippen molar-refractivity contribution in [2.45, 2.75) is 39.4 Å². The van der Waals surface area contributed by atoms with Gasteiger partial charge in [-0.25, -0.2) is 0 Å². The molecule has 2 aliphatic heterocycles. The van der Waals surface area contributed by atoms with Gasteiger partial charge in [0.1, 0.15) is 0 Å². The summed E-state index contributed by atoms with van der Waals surface area (Å²) in [7, 11) is 0. The van der Waals surface area contributed by atoms with E-state index in [0.29, 0.717) is 6.79 Å². The summed E-state index contributed by atoms with van der Waals surface area (Å²) in [5, 5.41) is 2.99. The molecule has 6 nitrogen and oxygen atoms in total. The summed E-state index contributed by atoms with van der Waals surface area (Å²) in [5.74, 6) is 1.79. The lowest BCUT2D eigenvalue weighted by Gasteiger charge is -2.37. The number of ether oxygens (including phenoxy) is 2. The summed E-state index contributed by atoms with van der Waals surface area (Å²) < 4.78 is 10.8. The van der Waals surface area contributed by atoms with Crippen molar-refractivity contribution in [2.24, 2.45) is 0 Å². The summed E-state index contributed by atoms with van der Waals surface area (Å²) in [4.78, 5) is 16.8. The Labute approximate surface area is 143 Å². The van der Waals surface area contributed by atoms with E-state index in [0.717, 1.165) is 44.2 Å². The Kier molecular flexibility index (Phi) is 5.26. The van der Waals surface area contributed by atoms with Gasteiger partial charge in [-0.1, -0.05) is 6.07 Å². The quantitative estimate of drug-likeness (QED) is 0.884. The maximum absolute atomic E-state index is 12.1. The van der Waals surface area contributed by atoms with Gasteiger partial charge >= 0.3 is 0 Å². The van der Waals surface area contributed by atoms with Crippen molar-refractivity contribution in [2.75, 3.05) is 33.0 Å². The molecular weight excluding hydrogens is 306 g/mol. The van der Waals surface area contributed by atoms with E-state index in [9.17, 15) is 4.79 Å². The van der Waals surface area contributed by atoms with Crippen molar-refractivity contribution in [3.05, 3.63) is 23.8 Å². The van der Waals surface area contributed by atoms with E-state index in [4.69, 9.17) is 9.47 Å². The molecule has 132 valence electrons. The van der Waals surface area contributed by atoms with E-state index >= 15 is 0 Å². The number of piperazine rings is 1. The van der Waals surface area contributed by atoms with Gasteiger partial charge in [-0.3, -0.25) is 14.6 Å². The van der Waals surface area contributed by atoms with Gasteiger partial charge in [0.15, 0.2) is 11.5 Å². The average molecular weight is 333 g/mol. The number of rotatable bonds is 5. The van der Waals surface area contributed by atoms with E-state index in [1.165, 1.54) is 5.56 Å². The van der Waals surface area contributed by atoms with E-state index in [-0.39, 0.29) is 18.0 Å². The molecule has 1 unspecified atom stereocenters. The maximum Gasteiger partial charge on any atom is 0.237 e. The third-order valence-electron chi connectivity index (χ3n) is 4.61. The minimum absolute atomic E-state index is 0.0694. The van der Waals surface area contributed by atoms with Crippen LogP contribution in [0.4, 0.5) is 0 Å². The summed E-state index contributed by atoms with van der Waals surface area (Å²) in [6, 6.07) is 6.26. The van der Waals surface area contributed by atoms with Gasteiger partial charge in [-0.2, -0.15) is 0 Å². The molecule has 1 amide bonds. The number of hydrogen-bond acceptors (Lipinski definition) is 5. The van der Waals surface area contributed by atoms with Crippen molar-refractivity contribution in [1.29, 1.82) is 0 Å². The molecule has 1 saturated heterocycles. The Morgan fingerprint density at radius 1 is 1.12 bits per heavy atom. The fourth-order valence-electron chi connectivity index (χ4n) is 3.18. The van der Waals surface area contributed by atoms with Gasteiger partial charge in [0.25, 0.3) is 0 Å². The molecule has 1 N–H and O–H groups in total. The molecule has 1 fully saturated rings. The molecule has 2 aliphatic rings. The molecule has 3 rings (SSSR count). The van der Waals surface area contributed by atoms with Crippen LogP contribution in [0.2, 0.25) is 0 Å². The normalized spacial score (nSPS) is 19.5. The van der Waals surface area contributed by atoms with Crippen LogP contribution in [0, 0.1) is 0 Å². The van der Waals surface area contributed by atoms with E-state index in [2.05, 4.69) is 27.2 Å². The number of nitrogens with one attached hydrogen (secondary N) is 1. The van der Waals surface area contributed by atoms with E-state index in [1.54, 1.807) is 0 Å². The van der Waals surface area contributed by atoms with Crippen LogP contribution in [0.25, 0.3) is 0 Å². The van der Waals surface area contributed by atoms with Crippen LogP contribution < -0.4 is 14.8 Å². The summed E-state index contributed by atoms with van der Waals surface area (Å²) >= 11 is 0. The van der Waals surface area contributed by atoms with Crippen LogP contribution >= 0.6 is 0 Å². The second kappa shape index (κ2) is 7.40. The molecule has 24 heavy (non-hydrogen) atoms. The van der Waals surface area contributed by atoms with Gasteiger partial charge in [0.2, 0.25) is 12.7 Å². The van der Waals surface area contributed by atoms with E-state index < -0.39 is 0 Å². The highest BCUT2D eigenvalue weighted by molar-refractivity contribution is 5.81. The number of benzene rings is 1. The minimum Gasteiger partial charge on any atom is -0.454 e. The number of fused-ring (bicyclic) bond motifs is 1. The highest BCUT2D eigenvalue weighted by Crippen LogP contribution is 2.32. The third-order valence-corrected chi connectivity index (χ3v) is 4.61. The zero-order valence-corrected chi connectivity index (χ0v) is 14.7. The first-order valence-electron chi connectivity index (χ1n) is 8.68. The predicted octanol–water partition coefficient (Wildman–Crippen LogP) is 1.45. The van der Waals surface area contributed by atoms with Gasteiger partial charge in [0.05, 0.1) is 6.04 Å². The van der Waals surface area contributed by atoms with E-state index in [1.807, 2.05) is 26.8 Å². The van der Waals surface area contributed by atoms with Crippen LogP contribution in [-0.2, 0) is 11.3 Å². The van der Waals surface area contributed by atoms with Gasteiger partial charge in [-0.05, 0) is 38.5 Å². The second-order valence-corrected chi connectivity index (χ2v) is 6.84. The van der Waals surface area contributed by atoms with Crippen molar-refractivity contribution in [1.82, 2.24) is 15.1 Å². The number of nitrogens with zero attached hydrogens (tertiary/aromatic N) is 2. The molecule has 0 spiro atoms. The first kappa shape index (κ1) is 17.0. The third kappa shape index (κ3) is 3.99. The number of carbonyl (C=O) groups is 1. The highest BCUT2D eigenvalue weighted by Gasteiger charge is 2.26. The first-order chi connectivity index (χ1) is 11.5. The van der Waals surface area contributed by atoms with Gasteiger partial charge in [-0.15, -0.1) is 0 Å². The molecule has 0 radical (unpaired) electrons. The zero-order valence-electron chi connectivity index (χ0n) is 14.7. The highest BCUT2D eigenvalue weighted by atomic mass is 16.7. The lowest BCUT2D eigenvalue weighted by molar-refractivity contribution is -0.127. The number of hydrogen-bond donors (Lipinski definition) is 1. The molecule has 1 atom stereocenters. The van der Waals surface area contributed by atoms with Crippen molar-refractivity contribution in [3.8, 4) is 11.5 Å². The Morgan fingerprint density at radius 2 is 1.83 bits per heavy atom. The smallest absolute Gasteiger partial charge is 0.237 e. The van der Waals surface area contributed by atoms with Gasteiger partial charge in [0, 0.05) is 38.8 Å². The van der Waals surface area contributed by atoms with Gasteiger partial charge < -0.3 is 14.8 Å². The fraction of sp³-hybridized carbons (Fsp3) is 0.611. The molecule has 0 aromatic heterocycles. The molecule has 6 heteroatoms. The molecule has 1 aromatic rings. The van der Waals surface area contributed by atoms with Crippen LogP contribution in [0.15, 0.2) is 18.2 Å². The number of amides is 1. The second-order valence-electron chi connectivity index (χ2n) is 6.84. The Bertz CT molecular complexity index is 583. The molecule has 0 saturated carbocycles. The molecular formula is C18H27N3O3. The first-order valence-corrected chi connectivity index (χ1v) is 8.68. The Morgan fingerprint density at radius 3 is 2.54 bits per heavy atom. The molecule has 0 bridgehead atoms. The summed E-state index contributed by atoms with van der Waals surface area (Å²) in [6.07, 6.45) is 0. The minimum atomic E-state index is -0.0694. The lowest BCUT2D eigenvalue weighted by atomic mass is 10.1. The van der Waals surface area contributed by atoms with Crippen LogP contribution in [0.1, 0.15) is 26.3 Å². The lowest BCUT2D eigenvalue weighted by Crippen LogP contribution is -2.54. The fourth-order valence-corrected chi connectivity index (χ4v) is 3.18. The largest absolute Gasteiger partial charge is 0.454 e. The standard InChI is InChI=1S/C18H27N3O3/c1-13(2)19-18(22)14(3)21-8-6-20(7-9-21)11-15-4-5-16-17(10-15)24-12-23-16/h4-5,10,13-14H,6-9,11-12H2,1-3H3,(H,19,22). The molecule has 1 aromatic carbocycles. The SMILES string of the molecule is CC(C)NC(=O)C(C)N1CCN(Cc2ccc3c(c2)OCO3)CC1.